The fraction of sp³-hybridized carbons (Fsp3) is 0.379. The van der Waals surface area contributed by atoms with Gasteiger partial charge < -0.3 is 9.30 Å². The van der Waals surface area contributed by atoms with Crippen LogP contribution in [0.4, 0.5) is 0 Å². The van der Waals surface area contributed by atoms with E-state index in [0.29, 0.717) is 43.1 Å². The second kappa shape index (κ2) is 11.0. The Morgan fingerprint density at radius 2 is 1.68 bits per heavy atom. The van der Waals surface area contributed by atoms with E-state index < -0.39 is 0 Å². The predicted octanol–water partition coefficient (Wildman–Crippen LogP) is 3.51. The SMILES string of the molecule is CCn1c(=O)c2c(nc(CC(C)(C)C)n2Cc2ccc(-c3ccccc3-c3nn[nH]n3)cc2)n(CCOC)c1=O. The summed E-state index contributed by atoms with van der Waals surface area (Å²) in [6, 6.07) is 16.1. The third-order valence-electron chi connectivity index (χ3n) is 6.84. The molecule has 0 bridgehead atoms. The van der Waals surface area contributed by atoms with Crippen molar-refractivity contribution in [3.05, 3.63) is 80.8 Å². The van der Waals surface area contributed by atoms with Crippen LogP contribution in [-0.4, -0.2) is 53.0 Å². The molecule has 11 nitrogen and oxygen atoms in total. The molecule has 3 heterocycles. The summed E-state index contributed by atoms with van der Waals surface area (Å²) in [6.07, 6.45) is 0.641. The molecule has 208 valence electrons. The van der Waals surface area contributed by atoms with Crippen LogP contribution in [0.25, 0.3) is 33.7 Å². The van der Waals surface area contributed by atoms with Crippen LogP contribution in [0.2, 0.25) is 0 Å². The van der Waals surface area contributed by atoms with E-state index in [4.69, 9.17) is 9.72 Å². The van der Waals surface area contributed by atoms with E-state index in [2.05, 4.69) is 53.5 Å². The van der Waals surface area contributed by atoms with E-state index in [1.165, 1.54) is 4.57 Å². The Morgan fingerprint density at radius 1 is 0.950 bits per heavy atom. The number of tetrazole rings is 1. The highest BCUT2D eigenvalue weighted by molar-refractivity contribution is 5.80. The molecule has 0 atom stereocenters. The molecule has 0 aliphatic rings. The van der Waals surface area contributed by atoms with Crippen molar-refractivity contribution in [3.63, 3.8) is 0 Å². The van der Waals surface area contributed by atoms with Gasteiger partial charge in [0, 0.05) is 32.2 Å². The number of nitrogens with zero attached hydrogens (tertiary/aromatic N) is 7. The lowest BCUT2D eigenvalue weighted by molar-refractivity contribution is 0.186. The van der Waals surface area contributed by atoms with Crippen LogP contribution in [0, 0.1) is 5.41 Å². The number of nitrogens with one attached hydrogen (secondary N) is 1. The summed E-state index contributed by atoms with van der Waals surface area (Å²) in [5.74, 6) is 1.30. The molecule has 0 aliphatic heterocycles. The van der Waals surface area contributed by atoms with Gasteiger partial charge >= 0.3 is 5.69 Å². The summed E-state index contributed by atoms with van der Waals surface area (Å²) in [5, 5.41) is 14.5. The van der Waals surface area contributed by atoms with Crippen molar-refractivity contribution < 1.29 is 4.74 Å². The maximum Gasteiger partial charge on any atom is 0.332 e. The maximum atomic E-state index is 13.6. The molecule has 11 heteroatoms. The first-order chi connectivity index (χ1) is 19.2. The Balaban J connectivity index is 1.61. The highest BCUT2D eigenvalue weighted by atomic mass is 16.5. The summed E-state index contributed by atoms with van der Waals surface area (Å²) in [7, 11) is 1.59. The number of aromatic amines is 1. The number of benzene rings is 2. The zero-order valence-corrected chi connectivity index (χ0v) is 23.5. The van der Waals surface area contributed by atoms with Gasteiger partial charge in [0.2, 0.25) is 5.82 Å². The second-order valence-electron chi connectivity index (χ2n) is 11.0. The number of imidazole rings is 1. The molecular weight excluding hydrogens is 508 g/mol. The van der Waals surface area contributed by atoms with Gasteiger partial charge in [-0.2, -0.15) is 5.21 Å². The summed E-state index contributed by atoms with van der Waals surface area (Å²) in [4.78, 5) is 31.7. The van der Waals surface area contributed by atoms with Crippen molar-refractivity contribution in [3.8, 4) is 22.5 Å². The number of aromatic nitrogens is 8. The van der Waals surface area contributed by atoms with Gasteiger partial charge in [0.1, 0.15) is 5.82 Å². The molecule has 5 rings (SSSR count). The van der Waals surface area contributed by atoms with E-state index in [9.17, 15) is 9.59 Å². The lowest BCUT2D eigenvalue weighted by Crippen LogP contribution is -2.40. The maximum absolute atomic E-state index is 13.6. The quantitative estimate of drug-likeness (QED) is 0.302. The number of hydrogen-bond acceptors (Lipinski definition) is 7. The molecule has 0 unspecified atom stereocenters. The topological polar surface area (TPSA) is 126 Å². The number of fused-ring (bicyclic) bond motifs is 1. The minimum absolute atomic E-state index is 0.0801. The zero-order valence-electron chi connectivity index (χ0n) is 23.5. The average molecular weight is 543 g/mol. The molecule has 40 heavy (non-hydrogen) atoms. The van der Waals surface area contributed by atoms with Gasteiger partial charge in [-0.25, -0.2) is 9.78 Å². The Morgan fingerprint density at radius 3 is 2.30 bits per heavy atom. The minimum atomic E-state index is -0.367. The number of hydrogen-bond donors (Lipinski definition) is 1. The Labute approximate surface area is 231 Å². The third kappa shape index (κ3) is 5.24. The smallest absolute Gasteiger partial charge is 0.332 e. The molecular formula is C29H34N8O3. The van der Waals surface area contributed by atoms with E-state index >= 15 is 0 Å². The van der Waals surface area contributed by atoms with Gasteiger partial charge in [0.25, 0.3) is 5.56 Å². The van der Waals surface area contributed by atoms with Gasteiger partial charge in [-0.05, 0) is 34.2 Å². The van der Waals surface area contributed by atoms with E-state index in [1.54, 1.807) is 18.6 Å². The highest BCUT2D eigenvalue weighted by Crippen LogP contribution is 2.30. The van der Waals surface area contributed by atoms with Gasteiger partial charge in [0.05, 0.1) is 13.2 Å². The highest BCUT2D eigenvalue weighted by Gasteiger charge is 2.24. The Bertz CT molecular complexity index is 1740. The van der Waals surface area contributed by atoms with Crippen LogP contribution in [0.1, 0.15) is 39.1 Å². The summed E-state index contributed by atoms with van der Waals surface area (Å²) in [5.41, 5.74) is 3.96. The first-order valence-electron chi connectivity index (χ1n) is 13.4. The number of rotatable bonds is 9. The number of ether oxygens (including phenoxy) is 1. The van der Waals surface area contributed by atoms with Gasteiger partial charge in [-0.3, -0.25) is 13.9 Å². The first kappa shape index (κ1) is 27.2. The molecule has 2 aromatic carbocycles. The van der Waals surface area contributed by atoms with Crippen molar-refractivity contribution in [2.45, 2.75) is 53.8 Å². The molecule has 0 fully saturated rings. The summed E-state index contributed by atoms with van der Waals surface area (Å²) >= 11 is 0. The van der Waals surface area contributed by atoms with Crippen molar-refractivity contribution in [2.75, 3.05) is 13.7 Å². The van der Waals surface area contributed by atoms with Gasteiger partial charge in [-0.1, -0.05) is 69.3 Å². The first-order valence-corrected chi connectivity index (χ1v) is 13.4. The van der Waals surface area contributed by atoms with E-state index in [0.717, 1.165) is 28.1 Å². The van der Waals surface area contributed by atoms with E-state index in [1.807, 2.05) is 41.0 Å². The lowest BCUT2D eigenvalue weighted by Gasteiger charge is -2.19. The second-order valence-corrected chi connectivity index (χ2v) is 11.0. The van der Waals surface area contributed by atoms with Gasteiger partial charge in [-0.15, -0.1) is 10.2 Å². The predicted molar refractivity (Wildman–Crippen MR) is 153 cm³/mol. The van der Waals surface area contributed by atoms with Crippen molar-refractivity contribution in [1.29, 1.82) is 0 Å². The van der Waals surface area contributed by atoms with Crippen LogP contribution in [-0.2, 0) is 30.8 Å². The van der Waals surface area contributed by atoms with Crippen molar-refractivity contribution >= 4 is 11.2 Å². The Hall–Kier alpha value is -4.38. The standard InChI is InChI=1S/C29H34N8O3/c1-6-35-27(38)24-26(36(28(35)39)15-16-40-5)30-23(17-29(2,3)4)37(24)18-19-11-13-20(14-12-19)21-9-7-8-10-22(21)25-31-33-34-32-25/h7-14H,6,15-18H2,1-5H3,(H,31,32,33,34). The van der Waals surface area contributed by atoms with Crippen molar-refractivity contribution in [1.82, 2.24) is 39.3 Å². The Kier molecular flexibility index (Phi) is 7.49. The normalized spacial score (nSPS) is 11.9. The molecule has 0 amide bonds. The van der Waals surface area contributed by atoms with Crippen LogP contribution < -0.4 is 11.2 Å². The monoisotopic (exact) mass is 542 g/mol. The van der Waals surface area contributed by atoms with Crippen molar-refractivity contribution in [2.24, 2.45) is 5.41 Å². The fourth-order valence-corrected chi connectivity index (χ4v) is 4.96. The lowest BCUT2D eigenvalue weighted by atomic mass is 9.92. The average Bonchev–Trinajstić information content (AvgIpc) is 3.58. The fourth-order valence-electron chi connectivity index (χ4n) is 4.96. The third-order valence-corrected chi connectivity index (χ3v) is 6.84. The summed E-state index contributed by atoms with van der Waals surface area (Å²) in [6.45, 7) is 9.57. The summed E-state index contributed by atoms with van der Waals surface area (Å²) < 4.78 is 10.1. The van der Waals surface area contributed by atoms with Gasteiger partial charge in [0.15, 0.2) is 11.2 Å². The van der Waals surface area contributed by atoms with E-state index in [-0.39, 0.29) is 23.2 Å². The van der Waals surface area contributed by atoms with Crippen LogP contribution in [0.3, 0.4) is 0 Å². The largest absolute Gasteiger partial charge is 0.383 e. The number of H-pyrrole nitrogens is 1. The molecule has 0 aliphatic carbocycles. The molecule has 0 saturated heterocycles. The minimum Gasteiger partial charge on any atom is -0.383 e. The molecule has 0 radical (unpaired) electrons. The van der Waals surface area contributed by atoms with Crippen LogP contribution in [0.15, 0.2) is 58.1 Å². The molecule has 0 spiro atoms. The van der Waals surface area contributed by atoms with Crippen LogP contribution >= 0.6 is 0 Å². The molecule has 5 aromatic rings. The molecule has 0 saturated carbocycles. The zero-order chi connectivity index (χ0) is 28.4. The number of methoxy groups -OCH3 is 1. The molecule has 1 N–H and O–H groups in total. The van der Waals surface area contributed by atoms with Crippen LogP contribution in [0.5, 0.6) is 0 Å². The molecule has 3 aromatic heterocycles.